The molecule has 3 nitrogen and oxygen atoms in total. The van der Waals surface area contributed by atoms with Gasteiger partial charge in [-0.05, 0) is 229 Å². The molecule has 0 amide bonds. The zero-order valence-electron chi connectivity index (χ0n) is 48.3. The number of para-hydroxylation sites is 2. The van der Waals surface area contributed by atoms with Gasteiger partial charge in [-0.3, -0.25) is 0 Å². The van der Waals surface area contributed by atoms with Gasteiger partial charge in [0.1, 0.15) is 0 Å². The predicted molar refractivity (Wildman–Crippen MR) is 333 cm³/mol. The molecule has 0 saturated heterocycles. The lowest BCUT2D eigenvalue weighted by molar-refractivity contribution is 0.188. The summed E-state index contributed by atoms with van der Waals surface area (Å²) in [5.74, 6) is 0. The van der Waals surface area contributed by atoms with Gasteiger partial charge >= 0.3 is 0 Å². The van der Waals surface area contributed by atoms with Crippen LogP contribution in [0.2, 0.25) is 0 Å². The second kappa shape index (κ2) is 16.3. The lowest BCUT2D eigenvalue weighted by Crippen LogP contribution is -2.61. The maximum Gasteiger partial charge on any atom is 0.254 e. The van der Waals surface area contributed by atoms with E-state index >= 15 is 0 Å². The summed E-state index contributed by atoms with van der Waals surface area (Å²) in [6, 6.07) is 55.5. The second-order valence-electron chi connectivity index (χ2n) is 28.9. The van der Waals surface area contributed by atoms with Gasteiger partial charge < -0.3 is 14.7 Å². The van der Waals surface area contributed by atoms with E-state index in [0.717, 1.165) is 23.5 Å². The van der Waals surface area contributed by atoms with E-state index in [1.54, 1.807) is 11.1 Å². The summed E-state index contributed by atoms with van der Waals surface area (Å²) < 4.78 is 1.43. The topological polar surface area (TPSA) is 9.72 Å². The highest BCUT2D eigenvalue weighted by atomic mass is 32.1. The monoisotopic (exact) mass is 1030 g/mol. The summed E-state index contributed by atoms with van der Waals surface area (Å²) >= 11 is 2.05. The second-order valence-corrected chi connectivity index (χ2v) is 29.9. The van der Waals surface area contributed by atoms with Gasteiger partial charge in [0, 0.05) is 44.5 Å². The van der Waals surface area contributed by atoms with Gasteiger partial charge in [0.05, 0.1) is 10.7 Å². The molecule has 8 aromatic rings. The summed E-state index contributed by atoms with van der Waals surface area (Å²) in [7, 11) is 0. The summed E-state index contributed by atoms with van der Waals surface area (Å²) in [5.41, 5.74) is 25.2. The summed E-state index contributed by atoms with van der Waals surface area (Å²) in [5, 5.41) is 2.81. The highest BCUT2D eigenvalue weighted by Crippen LogP contribution is 2.59. The molecule has 2 aliphatic heterocycles. The molecule has 390 valence electrons. The average Bonchev–Trinajstić information content (AvgIpc) is 3.91. The Morgan fingerprint density at radius 1 is 0.429 bits per heavy atom. The molecule has 15 rings (SSSR count). The van der Waals surface area contributed by atoms with Crippen LogP contribution in [0.25, 0.3) is 10.1 Å². The molecule has 1 fully saturated rings. The van der Waals surface area contributed by atoms with E-state index in [4.69, 9.17) is 0 Å². The maximum atomic E-state index is 2.76. The molecule has 0 atom stereocenters. The van der Waals surface area contributed by atoms with E-state index in [9.17, 15) is 0 Å². The van der Waals surface area contributed by atoms with Crippen molar-refractivity contribution in [2.45, 2.75) is 179 Å². The molecule has 0 N–H and O–H groups in total. The molecule has 0 spiro atoms. The Morgan fingerprint density at radius 3 is 1.43 bits per heavy atom. The van der Waals surface area contributed by atoms with Crippen LogP contribution in [0.4, 0.5) is 50.5 Å². The van der Waals surface area contributed by atoms with Crippen molar-refractivity contribution in [2.75, 3.05) is 14.7 Å². The van der Waals surface area contributed by atoms with Crippen molar-refractivity contribution < 1.29 is 0 Å². The van der Waals surface area contributed by atoms with Crippen LogP contribution in [0.1, 0.15) is 180 Å². The standard InChI is InChI=1S/C72H78BN3S/c1-66(2,3)45-24-29-59-58(38-45)73-63-51-43-56-57(72(13)36-34-71(56,12)35-37-72)44-62(51)77-65(63)76(49-26-28-53-55(40-49)70(10,11)33-31-68(53,6)7)61-42-50(74(46-20-16-14-17-21-46)47-22-18-15-19-23-47)41-60(64(61)73)75(59)48-25-27-52-54(39-48)69(8,9)32-30-67(52,4)5/h14-29,38-44H,30-37H2,1-13H3. The van der Waals surface area contributed by atoms with Crippen LogP contribution >= 0.6 is 11.3 Å². The Morgan fingerprint density at radius 2 is 0.909 bits per heavy atom. The average molecular weight is 1030 g/mol. The van der Waals surface area contributed by atoms with Gasteiger partial charge in [-0.2, -0.15) is 0 Å². The molecule has 0 unspecified atom stereocenters. The van der Waals surface area contributed by atoms with Crippen LogP contribution in [0, 0.1) is 0 Å². The number of anilines is 9. The van der Waals surface area contributed by atoms with Crippen molar-refractivity contribution in [3.63, 3.8) is 0 Å². The fraction of sp³-hybridized carbons (Fsp3) is 0.389. The van der Waals surface area contributed by atoms with Crippen LogP contribution in [-0.4, -0.2) is 6.71 Å². The van der Waals surface area contributed by atoms with E-state index in [-0.39, 0.29) is 44.6 Å². The smallest absolute Gasteiger partial charge is 0.254 e. The Labute approximate surface area is 464 Å². The minimum absolute atomic E-state index is 0.00674. The molecule has 7 aliphatic rings. The van der Waals surface area contributed by atoms with Crippen molar-refractivity contribution in [3.8, 4) is 0 Å². The number of hydrogen-bond acceptors (Lipinski definition) is 4. The minimum Gasteiger partial charge on any atom is -0.311 e. The van der Waals surface area contributed by atoms with Gasteiger partial charge in [0.15, 0.2) is 0 Å². The van der Waals surface area contributed by atoms with Crippen LogP contribution in [0.15, 0.2) is 140 Å². The number of fused-ring (bicyclic) bond motifs is 10. The summed E-state index contributed by atoms with van der Waals surface area (Å²) in [4.78, 5) is 7.96. The number of thiophene rings is 1. The van der Waals surface area contributed by atoms with E-state index in [2.05, 4.69) is 256 Å². The first-order valence-electron chi connectivity index (χ1n) is 29.2. The van der Waals surface area contributed by atoms with Crippen molar-refractivity contribution in [1.82, 2.24) is 0 Å². The number of benzene rings is 7. The number of hydrogen-bond donors (Lipinski definition) is 0. The minimum atomic E-state index is -0.0492. The molecule has 7 aromatic carbocycles. The molecule has 1 saturated carbocycles. The largest absolute Gasteiger partial charge is 0.311 e. The van der Waals surface area contributed by atoms with E-state index < -0.39 is 0 Å². The molecule has 2 bridgehead atoms. The zero-order chi connectivity index (χ0) is 53.6. The van der Waals surface area contributed by atoms with E-state index in [1.165, 1.54) is 133 Å². The van der Waals surface area contributed by atoms with Crippen molar-refractivity contribution in [2.24, 2.45) is 0 Å². The summed E-state index contributed by atoms with van der Waals surface area (Å²) in [6.45, 7) is 32.1. The molecular weight excluding hydrogens is 950 g/mol. The molecule has 5 heteroatoms. The molecule has 3 heterocycles. The predicted octanol–water partition coefficient (Wildman–Crippen LogP) is 18.6. The molecule has 5 aliphatic carbocycles. The van der Waals surface area contributed by atoms with E-state index in [0.29, 0.717) is 0 Å². The highest BCUT2D eigenvalue weighted by Gasteiger charge is 2.51. The lowest BCUT2D eigenvalue weighted by Gasteiger charge is -2.52. The molecular formula is C72H78BN3S. The normalized spacial score (nSPS) is 22.6. The fourth-order valence-corrected chi connectivity index (χ4v) is 16.9. The molecule has 0 radical (unpaired) electrons. The summed E-state index contributed by atoms with van der Waals surface area (Å²) in [6.07, 6.45) is 9.79. The van der Waals surface area contributed by atoms with Gasteiger partial charge in [0.2, 0.25) is 0 Å². The van der Waals surface area contributed by atoms with Gasteiger partial charge in [-0.25, -0.2) is 0 Å². The van der Waals surface area contributed by atoms with E-state index in [1.807, 2.05) is 0 Å². The Hall–Kier alpha value is -6.04. The first-order valence-corrected chi connectivity index (χ1v) is 30.0. The van der Waals surface area contributed by atoms with Gasteiger partial charge in [-0.15, -0.1) is 11.3 Å². The molecule has 1 aromatic heterocycles. The molecule has 77 heavy (non-hydrogen) atoms. The van der Waals surface area contributed by atoms with Crippen molar-refractivity contribution in [3.05, 3.63) is 178 Å². The van der Waals surface area contributed by atoms with Crippen LogP contribution < -0.4 is 31.1 Å². The Balaban J connectivity index is 1.14. The van der Waals surface area contributed by atoms with Crippen LogP contribution in [0.3, 0.4) is 0 Å². The third-order valence-electron chi connectivity index (χ3n) is 20.9. The fourth-order valence-electron chi connectivity index (χ4n) is 15.6. The first kappa shape index (κ1) is 49.3. The lowest BCUT2D eigenvalue weighted by atomic mass is 9.33. The van der Waals surface area contributed by atoms with Crippen molar-refractivity contribution >= 4 is 95.0 Å². The third kappa shape index (κ3) is 7.26. The van der Waals surface area contributed by atoms with Gasteiger partial charge in [-0.1, -0.05) is 151 Å². The number of nitrogens with zero attached hydrogens (tertiary/aromatic N) is 3. The maximum absolute atomic E-state index is 2.76. The van der Waals surface area contributed by atoms with Crippen LogP contribution in [-0.2, 0) is 37.9 Å². The van der Waals surface area contributed by atoms with Gasteiger partial charge in [0.25, 0.3) is 6.71 Å². The Kier molecular flexibility index (Phi) is 10.4. The number of rotatable bonds is 5. The first-order chi connectivity index (χ1) is 36.5. The zero-order valence-corrected chi connectivity index (χ0v) is 49.1. The highest BCUT2D eigenvalue weighted by molar-refractivity contribution is 7.26. The van der Waals surface area contributed by atoms with Crippen LogP contribution in [0.5, 0.6) is 0 Å². The third-order valence-corrected chi connectivity index (χ3v) is 22.1. The Bertz CT molecular complexity index is 3710. The SMILES string of the molecule is CC(C)(C)c1ccc2c(c1)B1c3c(cc(N(c4ccccc4)c4ccccc4)cc3N(c3ccc4c(c3)C(C)(C)CCC4(C)C)c3sc4cc5c(cc4c31)C1(C)CCC5(C)CC1)N2c1ccc2c(c1)C(C)(C)CCC2(C)C. The van der Waals surface area contributed by atoms with Crippen molar-refractivity contribution in [1.29, 1.82) is 0 Å². The quantitative estimate of drug-likeness (QED) is 0.159.